The van der Waals surface area contributed by atoms with Crippen molar-refractivity contribution in [3.05, 3.63) is 59.8 Å². The van der Waals surface area contributed by atoms with Crippen molar-refractivity contribution in [2.24, 2.45) is 0 Å². The third-order valence-corrected chi connectivity index (χ3v) is 3.65. The van der Waals surface area contributed by atoms with E-state index in [1.165, 1.54) is 0 Å². The van der Waals surface area contributed by atoms with E-state index in [1.807, 2.05) is 30.3 Å². The van der Waals surface area contributed by atoms with Gasteiger partial charge in [-0.25, -0.2) is 0 Å². The van der Waals surface area contributed by atoms with Crippen LogP contribution in [0.1, 0.15) is 17.7 Å². The molecule has 1 amide bonds. The van der Waals surface area contributed by atoms with Crippen LogP contribution in [0.4, 0.5) is 5.69 Å². The number of rotatable bonds is 6. The second-order valence-corrected chi connectivity index (χ2v) is 5.44. The zero-order valence-corrected chi connectivity index (χ0v) is 12.9. The summed E-state index contributed by atoms with van der Waals surface area (Å²) < 4.78 is 5.18. The van der Waals surface area contributed by atoms with Crippen LogP contribution in [-0.2, 0) is 22.4 Å². The van der Waals surface area contributed by atoms with Crippen LogP contribution < -0.4 is 5.32 Å². The van der Waals surface area contributed by atoms with Crippen LogP contribution in [0.25, 0.3) is 11.0 Å². The summed E-state index contributed by atoms with van der Waals surface area (Å²) in [5.41, 5.74) is 2.83. The molecule has 6 nitrogen and oxygen atoms in total. The number of amides is 1. The Hall–Kier alpha value is -3.15. The Bertz CT molecular complexity index is 868. The standard InChI is InChI=1S/C18H16N2O4/c21-17(11-15-14-3-1-2-4-16(14)24-20-15)19-13-8-5-12(6-9-13)7-10-18(22)23/h1-6,8-9H,7,10-11H2,(H,19,21)(H,22,23). The van der Waals surface area contributed by atoms with Crippen molar-refractivity contribution in [1.29, 1.82) is 0 Å². The van der Waals surface area contributed by atoms with E-state index in [0.29, 0.717) is 23.4 Å². The quantitative estimate of drug-likeness (QED) is 0.727. The lowest BCUT2D eigenvalue weighted by molar-refractivity contribution is -0.137. The first-order valence-corrected chi connectivity index (χ1v) is 7.56. The van der Waals surface area contributed by atoms with E-state index in [1.54, 1.807) is 18.2 Å². The van der Waals surface area contributed by atoms with Crippen molar-refractivity contribution in [3.63, 3.8) is 0 Å². The Labute approximate surface area is 138 Å². The second kappa shape index (κ2) is 6.95. The first-order chi connectivity index (χ1) is 11.6. The molecule has 2 N–H and O–H groups in total. The fraction of sp³-hybridized carbons (Fsp3) is 0.167. The number of hydrogen-bond acceptors (Lipinski definition) is 4. The molecule has 1 heterocycles. The number of aryl methyl sites for hydroxylation is 1. The molecule has 0 bridgehead atoms. The summed E-state index contributed by atoms with van der Waals surface area (Å²) in [4.78, 5) is 22.7. The van der Waals surface area contributed by atoms with Gasteiger partial charge in [0.25, 0.3) is 0 Å². The van der Waals surface area contributed by atoms with E-state index >= 15 is 0 Å². The summed E-state index contributed by atoms with van der Waals surface area (Å²) in [6, 6.07) is 14.5. The molecule has 0 unspecified atom stereocenters. The number of hydrogen-bond donors (Lipinski definition) is 2. The third kappa shape index (κ3) is 3.78. The monoisotopic (exact) mass is 324 g/mol. The number of carboxylic acids is 1. The zero-order chi connectivity index (χ0) is 16.9. The highest BCUT2D eigenvalue weighted by atomic mass is 16.5. The molecule has 6 heteroatoms. The SMILES string of the molecule is O=C(O)CCc1ccc(NC(=O)Cc2noc3ccccc23)cc1. The number of carboxylic acid groups (broad SMARTS) is 1. The lowest BCUT2D eigenvalue weighted by Gasteiger charge is -2.05. The van der Waals surface area contributed by atoms with Gasteiger partial charge in [0.2, 0.25) is 5.91 Å². The van der Waals surface area contributed by atoms with Crippen LogP contribution in [0.15, 0.2) is 53.1 Å². The molecule has 0 aliphatic rings. The highest BCUT2D eigenvalue weighted by Gasteiger charge is 2.12. The lowest BCUT2D eigenvalue weighted by atomic mass is 10.1. The Kier molecular flexibility index (Phi) is 4.56. The van der Waals surface area contributed by atoms with E-state index in [9.17, 15) is 9.59 Å². The van der Waals surface area contributed by atoms with Crippen LogP contribution in [0, 0.1) is 0 Å². The van der Waals surface area contributed by atoms with Crippen LogP contribution in [0.2, 0.25) is 0 Å². The average molecular weight is 324 g/mol. The van der Waals surface area contributed by atoms with Crippen molar-refractivity contribution in [1.82, 2.24) is 5.16 Å². The minimum absolute atomic E-state index is 0.0882. The number of anilines is 1. The predicted octanol–water partition coefficient (Wildman–Crippen LogP) is 3.03. The lowest BCUT2D eigenvalue weighted by Crippen LogP contribution is -2.14. The van der Waals surface area contributed by atoms with Crippen molar-refractivity contribution >= 4 is 28.5 Å². The number of benzene rings is 2. The van der Waals surface area contributed by atoms with Gasteiger partial charge in [-0.1, -0.05) is 29.4 Å². The molecule has 0 aliphatic carbocycles. The molecule has 0 aliphatic heterocycles. The molecule has 0 saturated heterocycles. The predicted molar refractivity (Wildman–Crippen MR) is 88.7 cm³/mol. The number of aliphatic carboxylic acids is 1. The minimum Gasteiger partial charge on any atom is -0.481 e. The fourth-order valence-electron chi connectivity index (χ4n) is 2.43. The number of fused-ring (bicyclic) bond motifs is 1. The van der Waals surface area contributed by atoms with E-state index in [-0.39, 0.29) is 18.7 Å². The molecular formula is C18H16N2O4. The highest BCUT2D eigenvalue weighted by molar-refractivity contribution is 5.94. The Morgan fingerprint density at radius 2 is 1.83 bits per heavy atom. The molecule has 24 heavy (non-hydrogen) atoms. The van der Waals surface area contributed by atoms with Gasteiger partial charge in [-0.3, -0.25) is 9.59 Å². The largest absolute Gasteiger partial charge is 0.481 e. The molecule has 2 aromatic carbocycles. The van der Waals surface area contributed by atoms with E-state index in [0.717, 1.165) is 10.9 Å². The maximum atomic E-state index is 12.2. The maximum Gasteiger partial charge on any atom is 0.303 e. The zero-order valence-electron chi connectivity index (χ0n) is 12.9. The normalized spacial score (nSPS) is 10.7. The van der Waals surface area contributed by atoms with Crippen LogP contribution in [0.3, 0.4) is 0 Å². The van der Waals surface area contributed by atoms with E-state index in [4.69, 9.17) is 9.63 Å². The summed E-state index contributed by atoms with van der Waals surface area (Å²) in [5, 5.41) is 16.2. The fourth-order valence-corrected chi connectivity index (χ4v) is 2.43. The first kappa shape index (κ1) is 15.7. The van der Waals surface area contributed by atoms with E-state index < -0.39 is 5.97 Å². The van der Waals surface area contributed by atoms with Crippen LogP contribution in [-0.4, -0.2) is 22.1 Å². The van der Waals surface area contributed by atoms with Gasteiger partial charge in [0.05, 0.1) is 6.42 Å². The summed E-state index contributed by atoms with van der Waals surface area (Å²) in [7, 11) is 0. The number of nitrogens with one attached hydrogen (secondary N) is 1. The Morgan fingerprint density at radius 1 is 1.08 bits per heavy atom. The molecule has 0 atom stereocenters. The Morgan fingerprint density at radius 3 is 2.58 bits per heavy atom. The molecule has 3 rings (SSSR count). The highest BCUT2D eigenvalue weighted by Crippen LogP contribution is 2.19. The minimum atomic E-state index is -0.827. The topological polar surface area (TPSA) is 92.4 Å². The molecular weight excluding hydrogens is 308 g/mol. The Balaban J connectivity index is 1.61. The molecule has 0 fully saturated rings. The van der Waals surface area contributed by atoms with Crippen LogP contribution >= 0.6 is 0 Å². The van der Waals surface area contributed by atoms with Gasteiger partial charge in [-0.15, -0.1) is 0 Å². The molecule has 1 aromatic heterocycles. The van der Waals surface area contributed by atoms with Gasteiger partial charge in [0.1, 0.15) is 5.69 Å². The summed E-state index contributed by atoms with van der Waals surface area (Å²) in [5.74, 6) is -1.01. The van der Waals surface area contributed by atoms with Crippen molar-refractivity contribution in [2.45, 2.75) is 19.3 Å². The van der Waals surface area contributed by atoms with E-state index in [2.05, 4.69) is 10.5 Å². The summed E-state index contributed by atoms with van der Waals surface area (Å²) in [6.45, 7) is 0. The molecule has 0 radical (unpaired) electrons. The van der Waals surface area contributed by atoms with Gasteiger partial charge in [-0.05, 0) is 36.2 Å². The van der Waals surface area contributed by atoms with Gasteiger partial charge in [0, 0.05) is 17.5 Å². The number of para-hydroxylation sites is 1. The number of carbonyl (C=O) groups excluding carboxylic acids is 1. The molecule has 122 valence electrons. The first-order valence-electron chi connectivity index (χ1n) is 7.56. The third-order valence-electron chi connectivity index (χ3n) is 3.65. The van der Waals surface area contributed by atoms with Crippen molar-refractivity contribution < 1.29 is 19.2 Å². The van der Waals surface area contributed by atoms with Crippen molar-refractivity contribution in [2.75, 3.05) is 5.32 Å². The van der Waals surface area contributed by atoms with Gasteiger partial charge in [0.15, 0.2) is 5.58 Å². The second-order valence-electron chi connectivity index (χ2n) is 5.44. The van der Waals surface area contributed by atoms with Gasteiger partial charge < -0.3 is 14.9 Å². The number of aromatic nitrogens is 1. The average Bonchev–Trinajstić information content (AvgIpc) is 2.97. The number of carbonyl (C=O) groups is 2. The maximum absolute atomic E-state index is 12.2. The van der Waals surface area contributed by atoms with Crippen molar-refractivity contribution in [3.8, 4) is 0 Å². The molecule has 0 saturated carbocycles. The molecule has 3 aromatic rings. The van der Waals surface area contributed by atoms with Gasteiger partial charge >= 0.3 is 5.97 Å². The van der Waals surface area contributed by atoms with Crippen LogP contribution in [0.5, 0.6) is 0 Å². The van der Waals surface area contributed by atoms with Gasteiger partial charge in [-0.2, -0.15) is 0 Å². The smallest absolute Gasteiger partial charge is 0.303 e. The number of nitrogens with zero attached hydrogens (tertiary/aromatic N) is 1. The molecule has 0 spiro atoms. The summed E-state index contributed by atoms with van der Waals surface area (Å²) >= 11 is 0. The summed E-state index contributed by atoms with van der Waals surface area (Å²) in [6.07, 6.45) is 0.678.